The van der Waals surface area contributed by atoms with Gasteiger partial charge in [0.1, 0.15) is 9.83 Å². The summed E-state index contributed by atoms with van der Waals surface area (Å²) in [5.74, 6) is 0.362. The second kappa shape index (κ2) is 21.3. The summed E-state index contributed by atoms with van der Waals surface area (Å²) in [6.07, 6.45) is 19.4. The maximum absolute atomic E-state index is 11.0. The largest absolute Gasteiger partial charge is 1.00 e. The molecule has 0 aliphatic rings. The fraction of sp³-hybridized carbons (Fsp3) is 1.00. The number of rotatable bonds is 17. The van der Waals surface area contributed by atoms with Crippen molar-refractivity contribution < 1.29 is 42.5 Å². The van der Waals surface area contributed by atoms with E-state index in [2.05, 4.69) is 6.92 Å². The Bertz CT molecular complexity index is 289. The Morgan fingerprint density at radius 1 is 0.609 bits per heavy atom. The standard InChI is InChI=1S/C17H36O3S2.Na/c1-2-3-4-5-6-7-8-9-10-11-12-13-14-15-16-17-21(18)22(19)20;/h2-17H2,1H3,(H,19,20);/q;+1. The fourth-order valence-corrected chi connectivity index (χ4v) is 4.03. The average molecular weight is 376 g/mol. The van der Waals surface area contributed by atoms with E-state index in [0.29, 0.717) is 5.75 Å². The maximum Gasteiger partial charge on any atom is 1.00 e. The van der Waals surface area contributed by atoms with Crippen LogP contribution in [0, 0.1) is 0 Å². The van der Waals surface area contributed by atoms with Gasteiger partial charge in [-0.3, -0.25) is 4.55 Å². The molecule has 0 saturated carbocycles. The average Bonchev–Trinajstić information content (AvgIpc) is 2.50. The summed E-state index contributed by atoms with van der Waals surface area (Å²) < 4.78 is 30.1. The van der Waals surface area contributed by atoms with Gasteiger partial charge < -0.3 is 0 Å². The van der Waals surface area contributed by atoms with Gasteiger partial charge in [-0.2, -0.15) is 0 Å². The first kappa shape index (κ1) is 26.5. The minimum Gasteiger partial charge on any atom is -0.296 e. The number of hydrogen-bond donors (Lipinski definition) is 1. The van der Waals surface area contributed by atoms with Crippen LogP contribution in [-0.4, -0.2) is 18.7 Å². The third-order valence-electron chi connectivity index (χ3n) is 4.07. The number of unbranched alkanes of at least 4 members (excludes halogenated alkanes) is 14. The van der Waals surface area contributed by atoms with Crippen molar-refractivity contribution in [2.24, 2.45) is 0 Å². The molecule has 3 nitrogen and oxygen atoms in total. The second-order valence-corrected chi connectivity index (χ2v) is 9.60. The molecule has 2 unspecified atom stereocenters. The van der Waals surface area contributed by atoms with Crippen molar-refractivity contribution in [2.45, 2.75) is 103 Å². The molecule has 0 radical (unpaired) electrons. The molecule has 0 aromatic heterocycles. The van der Waals surface area contributed by atoms with E-state index in [0.717, 1.165) is 19.3 Å². The molecule has 2 atom stereocenters. The molecule has 0 aromatic carbocycles. The van der Waals surface area contributed by atoms with Crippen LogP contribution in [0.1, 0.15) is 103 Å². The van der Waals surface area contributed by atoms with Gasteiger partial charge in [0.05, 0.1) is 0 Å². The maximum atomic E-state index is 11.0. The van der Waals surface area contributed by atoms with E-state index < -0.39 is 19.9 Å². The van der Waals surface area contributed by atoms with Crippen LogP contribution in [-0.2, 0) is 19.9 Å². The van der Waals surface area contributed by atoms with Gasteiger partial charge in [0.2, 0.25) is 10.1 Å². The van der Waals surface area contributed by atoms with E-state index in [1.54, 1.807) is 0 Å². The molecule has 0 rings (SSSR count). The van der Waals surface area contributed by atoms with Crippen molar-refractivity contribution in [2.75, 3.05) is 5.75 Å². The van der Waals surface area contributed by atoms with Gasteiger partial charge in [0, 0.05) is 5.75 Å². The molecule has 0 aliphatic carbocycles. The third-order valence-corrected chi connectivity index (χ3v) is 6.47. The van der Waals surface area contributed by atoms with Crippen molar-refractivity contribution >= 4 is 19.9 Å². The second-order valence-electron chi connectivity index (χ2n) is 6.17. The summed E-state index contributed by atoms with van der Waals surface area (Å²) in [6, 6.07) is 0. The third kappa shape index (κ3) is 21.2. The van der Waals surface area contributed by atoms with Gasteiger partial charge >= 0.3 is 29.6 Å². The van der Waals surface area contributed by atoms with Crippen LogP contribution in [0.5, 0.6) is 0 Å². The molecule has 134 valence electrons. The first-order valence-electron chi connectivity index (χ1n) is 9.18. The Morgan fingerprint density at radius 2 is 0.913 bits per heavy atom. The molecule has 1 N–H and O–H groups in total. The molecule has 0 aliphatic heterocycles. The Hall–Kier alpha value is 1.26. The SMILES string of the molecule is CCCCCCCCCCCCCCCCCS(=O)S(=O)O.[Na+]. The van der Waals surface area contributed by atoms with E-state index in [-0.39, 0.29) is 29.6 Å². The Kier molecular flexibility index (Phi) is 24.5. The van der Waals surface area contributed by atoms with E-state index in [9.17, 15) is 8.42 Å². The molecular formula is C17H36NaO3S2+. The van der Waals surface area contributed by atoms with Crippen LogP contribution < -0.4 is 29.6 Å². The molecule has 0 bridgehead atoms. The summed E-state index contributed by atoms with van der Waals surface area (Å²) in [5.41, 5.74) is 0. The van der Waals surface area contributed by atoms with Gasteiger partial charge in [0.25, 0.3) is 0 Å². The topological polar surface area (TPSA) is 54.4 Å². The smallest absolute Gasteiger partial charge is 0.296 e. The fourth-order valence-electron chi connectivity index (χ4n) is 2.66. The van der Waals surface area contributed by atoms with Crippen molar-refractivity contribution in [3.63, 3.8) is 0 Å². The molecule has 0 amide bonds. The quantitative estimate of drug-likeness (QED) is 0.184. The summed E-state index contributed by atoms with van der Waals surface area (Å²) in [6.45, 7) is 2.26. The van der Waals surface area contributed by atoms with Crippen LogP contribution >= 0.6 is 0 Å². The molecule has 23 heavy (non-hydrogen) atoms. The van der Waals surface area contributed by atoms with Crippen molar-refractivity contribution in [3.05, 3.63) is 0 Å². The van der Waals surface area contributed by atoms with Gasteiger partial charge in [-0.1, -0.05) is 96.8 Å². The molecule has 0 saturated heterocycles. The van der Waals surface area contributed by atoms with E-state index >= 15 is 0 Å². The van der Waals surface area contributed by atoms with E-state index in [4.69, 9.17) is 4.55 Å². The minimum atomic E-state index is -2.16. The Morgan fingerprint density at radius 3 is 1.22 bits per heavy atom. The van der Waals surface area contributed by atoms with Crippen molar-refractivity contribution in [3.8, 4) is 0 Å². The first-order chi connectivity index (χ1) is 10.7. The van der Waals surface area contributed by atoms with Crippen LogP contribution in [0.4, 0.5) is 0 Å². The predicted octanol–water partition coefficient (Wildman–Crippen LogP) is 2.75. The van der Waals surface area contributed by atoms with Crippen LogP contribution in [0.15, 0.2) is 0 Å². The summed E-state index contributed by atoms with van der Waals surface area (Å²) >= 11 is 0. The zero-order chi connectivity index (χ0) is 16.5. The molecular weight excluding hydrogens is 339 g/mol. The van der Waals surface area contributed by atoms with Gasteiger partial charge in [-0.15, -0.1) is 0 Å². The van der Waals surface area contributed by atoms with E-state index in [1.807, 2.05) is 0 Å². The molecule has 6 heteroatoms. The minimum absolute atomic E-state index is 0. The van der Waals surface area contributed by atoms with Crippen LogP contribution in [0.25, 0.3) is 0 Å². The molecule has 0 heterocycles. The molecule has 0 aromatic rings. The van der Waals surface area contributed by atoms with Gasteiger partial charge in [0.15, 0.2) is 0 Å². The van der Waals surface area contributed by atoms with Crippen LogP contribution in [0.3, 0.4) is 0 Å². The Labute approximate surface area is 170 Å². The normalized spacial score (nSPS) is 13.5. The van der Waals surface area contributed by atoms with Gasteiger partial charge in [-0.25, -0.2) is 8.42 Å². The van der Waals surface area contributed by atoms with E-state index in [1.165, 1.54) is 77.0 Å². The molecule has 0 spiro atoms. The van der Waals surface area contributed by atoms with Crippen molar-refractivity contribution in [1.29, 1.82) is 0 Å². The van der Waals surface area contributed by atoms with Crippen molar-refractivity contribution in [1.82, 2.24) is 0 Å². The van der Waals surface area contributed by atoms with Crippen LogP contribution in [0.2, 0.25) is 0 Å². The Balaban J connectivity index is 0. The predicted molar refractivity (Wildman–Crippen MR) is 98.7 cm³/mol. The van der Waals surface area contributed by atoms with Gasteiger partial charge in [-0.05, 0) is 6.42 Å². The molecule has 0 fully saturated rings. The first-order valence-corrected chi connectivity index (χ1v) is 12.1. The summed E-state index contributed by atoms with van der Waals surface area (Å²) in [4.78, 5) is 0. The summed E-state index contributed by atoms with van der Waals surface area (Å²) in [5, 5.41) is 0. The number of hydrogen-bond acceptors (Lipinski definition) is 2. The summed E-state index contributed by atoms with van der Waals surface area (Å²) in [7, 11) is -3.72. The zero-order valence-electron chi connectivity index (χ0n) is 15.4. The monoisotopic (exact) mass is 375 g/mol. The zero-order valence-corrected chi connectivity index (χ0v) is 19.0.